The molecule has 0 amide bonds. The van der Waals surface area contributed by atoms with Crippen LogP contribution in [0.4, 0.5) is 11.4 Å². The van der Waals surface area contributed by atoms with Crippen molar-refractivity contribution in [2.75, 3.05) is 18.1 Å². The quantitative estimate of drug-likeness (QED) is 0.791. The Labute approximate surface area is 117 Å². The van der Waals surface area contributed by atoms with E-state index in [0.717, 1.165) is 11.4 Å². The molecule has 0 radical (unpaired) electrons. The van der Waals surface area contributed by atoms with E-state index in [9.17, 15) is 0 Å². The van der Waals surface area contributed by atoms with Gasteiger partial charge in [-0.25, -0.2) is 0 Å². The molecule has 1 aliphatic heterocycles. The smallest absolute Gasteiger partial charge is 0.144 e. The highest BCUT2D eigenvalue weighted by Crippen LogP contribution is 2.38. The Balaban J connectivity index is 2.14. The molecule has 1 aliphatic rings. The maximum atomic E-state index is 9.15. The average Bonchev–Trinajstić information content (AvgIpc) is 2.53. The van der Waals surface area contributed by atoms with Crippen LogP contribution in [0.15, 0.2) is 42.5 Å². The lowest BCUT2D eigenvalue weighted by Gasteiger charge is -2.31. The molecule has 0 saturated heterocycles. The summed E-state index contributed by atoms with van der Waals surface area (Å²) in [5.74, 6) is 0.649. The Morgan fingerprint density at radius 3 is 2.40 bits per heavy atom. The molecule has 96 valence electrons. The van der Waals surface area contributed by atoms with E-state index in [1.54, 1.807) is 12.1 Å². The van der Waals surface area contributed by atoms with E-state index in [0.29, 0.717) is 30.0 Å². The summed E-state index contributed by atoms with van der Waals surface area (Å²) in [6.07, 6.45) is 0. The van der Waals surface area contributed by atoms with Crippen LogP contribution in [0, 0.1) is 22.7 Å². The van der Waals surface area contributed by atoms with Crippen LogP contribution < -0.4 is 9.64 Å². The van der Waals surface area contributed by atoms with Crippen molar-refractivity contribution in [3.63, 3.8) is 0 Å². The fourth-order valence-electron chi connectivity index (χ4n) is 2.32. The molecule has 2 aromatic rings. The highest BCUT2D eigenvalue weighted by molar-refractivity contribution is 5.74. The molecule has 0 aromatic heterocycles. The summed E-state index contributed by atoms with van der Waals surface area (Å²) in [4.78, 5) is 2.10. The second-order valence-corrected chi connectivity index (χ2v) is 4.42. The van der Waals surface area contributed by atoms with Crippen LogP contribution in [-0.4, -0.2) is 13.2 Å². The van der Waals surface area contributed by atoms with Gasteiger partial charge in [0.25, 0.3) is 0 Å². The van der Waals surface area contributed by atoms with Gasteiger partial charge in [-0.05, 0) is 18.2 Å². The Morgan fingerprint density at radius 2 is 1.70 bits per heavy atom. The van der Waals surface area contributed by atoms with Crippen molar-refractivity contribution < 1.29 is 4.74 Å². The van der Waals surface area contributed by atoms with Gasteiger partial charge in [-0.2, -0.15) is 10.5 Å². The van der Waals surface area contributed by atoms with Gasteiger partial charge in [-0.3, -0.25) is 0 Å². The van der Waals surface area contributed by atoms with Crippen LogP contribution in [0.5, 0.6) is 5.75 Å². The molecular weight excluding hydrogens is 250 g/mol. The summed E-state index contributed by atoms with van der Waals surface area (Å²) in [5.41, 5.74) is 2.60. The van der Waals surface area contributed by atoms with E-state index in [1.165, 1.54) is 0 Å². The number of anilines is 2. The minimum absolute atomic E-state index is 0.348. The highest BCUT2D eigenvalue weighted by atomic mass is 16.5. The highest BCUT2D eigenvalue weighted by Gasteiger charge is 2.21. The molecule has 0 aliphatic carbocycles. The van der Waals surface area contributed by atoms with E-state index in [-0.39, 0.29) is 0 Å². The predicted molar refractivity (Wildman–Crippen MR) is 74.8 cm³/mol. The third-order valence-electron chi connectivity index (χ3n) is 3.27. The number of ether oxygens (including phenoxy) is 1. The molecule has 0 unspecified atom stereocenters. The Kier molecular flexibility index (Phi) is 2.99. The van der Waals surface area contributed by atoms with Gasteiger partial charge in [0.1, 0.15) is 24.5 Å². The molecule has 3 rings (SSSR count). The lowest BCUT2D eigenvalue weighted by Crippen LogP contribution is -2.28. The number of benzene rings is 2. The second-order valence-electron chi connectivity index (χ2n) is 4.42. The number of fused-ring (bicyclic) bond motifs is 1. The van der Waals surface area contributed by atoms with E-state index in [4.69, 9.17) is 15.3 Å². The fraction of sp³-hybridized carbons (Fsp3) is 0.125. The minimum Gasteiger partial charge on any atom is -0.489 e. The van der Waals surface area contributed by atoms with Gasteiger partial charge in [-0.1, -0.05) is 18.2 Å². The summed E-state index contributed by atoms with van der Waals surface area (Å²) in [5, 5.41) is 18.2. The molecular formula is C16H11N3O. The van der Waals surface area contributed by atoms with E-state index >= 15 is 0 Å². The van der Waals surface area contributed by atoms with Gasteiger partial charge in [0.05, 0.1) is 23.4 Å². The lowest BCUT2D eigenvalue weighted by molar-refractivity contribution is 0.314. The number of nitriles is 2. The molecule has 4 nitrogen and oxygen atoms in total. The first-order valence-electron chi connectivity index (χ1n) is 6.27. The SMILES string of the molecule is N#Cc1cc2c(cc1C#N)N(c1ccccc1)CCO2. The first-order valence-corrected chi connectivity index (χ1v) is 6.27. The number of hydrogen-bond donors (Lipinski definition) is 0. The molecule has 0 fully saturated rings. The normalized spacial score (nSPS) is 12.8. The lowest BCUT2D eigenvalue weighted by atomic mass is 10.1. The van der Waals surface area contributed by atoms with Gasteiger partial charge < -0.3 is 9.64 Å². The Morgan fingerprint density at radius 1 is 1.00 bits per heavy atom. The van der Waals surface area contributed by atoms with E-state index in [2.05, 4.69) is 11.0 Å². The number of para-hydroxylation sites is 1. The molecule has 20 heavy (non-hydrogen) atoms. The maximum absolute atomic E-state index is 9.15. The summed E-state index contributed by atoms with van der Waals surface area (Å²) in [6.45, 7) is 1.27. The molecule has 2 aromatic carbocycles. The van der Waals surface area contributed by atoms with Gasteiger partial charge in [0.15, 0.2) is 0 Å². The topological polar surface area (TPSA) is 60.0 Å². The van der Waals surface area contributed by atoms with Gasteiger partial charge in [0.2, 0.25) is 0 Å². The fourth-order valence-corrected chi connectivity index (χ4v) is 2.32. The van der Waals surface area contributed by atoms with E-state index < -0.39 is 0 Å². The third-order valence-corrected chi connectivity index (χ3v) is 3.27. The summed E-state index contributed by atoms with van der Waals surface area (Å²) in [6, 6.07) is 17.4. The van der Waals surface area contributed by atoms with Crippen molar-refractivity contribution in [3.05, 3.63) is 53.6 Å². The summed E-state index contributed by atoms with van der Waals surface area (Å²) in [7, 11) is 0. The third kappa shape index (κ3) is 1.94. The van der Waals surface area contributed by atoms with Gasteiger partial charge >= 0.3 is 0 Å². The second kappa shape index (κ2) is 4.95. The zero-order valence-electron chi connectivity index (χ0n) is 10.7. The number of hydrogen-bond acceptors (Lipinski definition) is 4. The minimum atomic E-state index is 0.348. The largest absolute Gasteiger partial charge is 0.489 e. The van der Waals surface area contributed by atoms with Crippen molar-refractivity contribution in [1.82, 2.24) is 0 Å². The molecule has 0 spiro atoms. The van der Waals surface area contributed by atoms with E-state index in [1.807, 2.05) is 36.4 Å². The number of nitrogens with zero attached hydrogens (tertiary/aromatic N) is 3. The molecule has 4 heteroatoms. The standard InChI is InChI=1S/C16H11N3O/c17-10-12-8-15-16(9-13(12)11-18)20-7-6-19(15)14-4-2-1-3-5-14/h1-5,8-9H,6-7H2. The van der Waals surface area contributed by atoms with Crippen LogP contribution in [-0.2, 0) is 0 Å². The van der Waals surface area contributed by atoms with Crippen molar-refractivity contribution in [1.29, 1.82) is 10.5 Å². The van der Waals surface area contributed by atoms with Crippen molar-refractivity contribution in [3.8, 4) is 17.9 Å². The van der Waals surface area contributed by atoms with Gasteiger partial charge in [-0.15, -0.1) is 0 Å². The maximum Gasteiger partial charge on any atom is 0.144 e. The monoisotopic (exact) mass is 261 g/mol. The van der Waals surface area contributed by atoms with Crippen LogP contribution in [0.2, 0.25) is 0 Å². The molecule has 0 N–H and O–H groups in total. The van der Waals surface area contributed by atoms with Crippen molar-refractivity contribution in [2.45, 2.75) is 0 Å². The Bertz CT molecular complexity index is 726. The first kappa shape index (κ1) is 12.1. The Hall–Kier alpha value is -2.98. The molecule has 0 atom stereocenters. The molecule has 1 heterocycles. The predicted octanol–water partition coefficient (Wildman–Crippen LogP) is 2.96. The van der Waals surface area contributed by atoms with Gasteiger partial charge in [0, 0.05) is 11.8 Å². The average molecular weight is 261 g/mol. The van der Waals surface area contributed by atoms with Crippen LogP contribution in [0.25, 0.3) is 0 Å². The van der Waals surface area contributed by atoms with Crippen LogP contribution in [0.1, 0.15) is 11.1 Å². The summed E-state index contributed by atoms with van der Waals surface area (Å²) >= 11 is 0. The van der Waals surface area contributed by atoms with Crippen molar-refractivity contribution >= 4 is 11.4 Å². The van der Waals surface area contributed by atoms with Crippen LogP contribution in [0.3, 0.4) is 0 Å². The molecule has 0 saturated carbocycles. The number of rotatable bonds is 1. The van der Waals surface area contributed by atoms with Crippen LogP contribution >= 0.6 is 0 Å². The van der Waals surface area contributed by atoms with Crippen molar-refractivity contribution in [2.24, 2.45) is 0 Å². The summed E-state index contributed by atoms with van der Waals surface area (Å²) < 4.78 is 5.61. The zero-order chi connectivity index (χ0) is 13.9. The zero-order valence-corrected chi connectivity index (χ0v) is 10.7. The first-order chi connectivity index (χ1) is 9.83. The molecule has 0 bridgehead atoms.